The van der Waals surface area contributed by atoms with Crippen molar-refractivity contribution in [2.75, 3.05) is 31.1 Å². The zero-order valence-electron chi connectivity index (χ0n) is 14.7. The Morgan fingerprint density at radius 3 is 2.31 bits per heavy atom. The Morgan fingerprint density at radius 2 is 1.69 bits per heavy atom. The number of fused-ring (bicyclic) bond motifs is 1. The first kappa shape index (κ1) is 20.3. The van der Waals surface area contributed by atoms with E-state index in [1.165, 1.54) is 22.5 Å². The number of anilines is 1. The van der Waals surface area contributed by atoms with E-state index in [2.05, 4.69) is 9.97 Å². The second kappa shape index (κ2) is 7.38. The van der Waals surface area contributed by atoms with E-state index in [4.69, 9.17) is 11.6 Å². The molecule has 0 saturated carbocycles. The van der Waals surface area contributed by atoms with Crippen molar-refractivity contribution in [1.29, 1.82) is 0 Å². The molecular weight excluding hydrogens is 449 g/mol. The van der Waals surface area contributed by atoms with Crippen LogP contribution < -0.4 is 4.90 Å². The minimum atomic E-state index is -4.68. The third-order valence-corrected chi connectivity index (χ3v) is 8.11. The highest BCUT2D eigenvalue weighted by atomic mass is 35.5. The summed E-state index contributed by atoms with van der Waals surface area (Å²) in [6.45, 7) is 0.655. The van der Waals surface area contributed by atoms with Crippen molar-refractivity contribution < 1.29 is 21.6 Å². The van der Waals surface area contributed by atoms with Crippen LogP contribution in [0.2, 0.25) is 4.34 Å². The smallest absolute Gasteiger partial charge is 0.353 e. The summed E-state index contributed by atoms with van der Waals surface area (Å²) in [4.78, 5) is 9.03. The van der Waals surface area contributed by atoms with E-state index in [1.807, 2.05) is 0 Å². The van der Waals surface area contributed by atoms with Gasteiger partial charge in [-0.25, -0.2) is 18.4 Å². The molecule has 4 rings (SSSR count). The van der Waals surface area contributed by atoms with Gasteiger partial charge in [0.15, 0.2) is 0 Å². The number of aromatic nitrogens is 2. The van der Waals surface area contributed by atoms with Crippen LogP contribution in [-0.4, -0.2) is 48.9 Å². The molecule has 6 nitrogen and oxygen atoms in total. The van der Waals surface area contributed by atoms with Crippen molar-refractivity contribution in [3.05, 3.63) is 46.6 Å². The van der Waals surface area contributed by atoms with Crippen LogP contribution in [0, 0.1) is 0 Å². The SMILES string of the molecule is O=S(=O)(c1ccc(Cl)s1)N1CCN(c2nc(C(F)(F)F)nc3ccccc23)CC1. The van der Waals surface area contributed by atoms with Crippen LogP contribution in [-0.2, 0) is 16.2 Å². The van der Waals surface area contributed by atoms with Gasteiger partial charge in [-0.3, -0.25) is 0 Å². The predicted octanol–water partition coefficient (Wildman–Crippen LogP) is 3.87. The Kier molecular flexibility index (Phi) is 5.18. The van der Waals surface area contributed by atoms with Crippen LogP contribution in [0.4, 0.5) is 19.0 Å². The molecule has 0 bridgehead atoms. The first-order valence-electron chi connectivity index (χ1n) is 8.51. The number of rotatable bonds is 3. The molecule has 3 heterocycles. The van der Waals surface area contributed by atoms with E-state index >= 15 is 0 Å². The Bertz CT molecular complexity index is 1160. The van der Waals surface area contributed by atoms with E-state index in [1.54, 1.807) is 23.1 Å². The molecule has 0 unspecified atom stereocenters. The maximum Gasteiger partial charge on any atom is 0.451 e. The van der Waals surface area contributed by atoms with E-state index < -0.39 is 22.0 Å². The van der Waals surface area contributed by atoms with Crippen LogP contribution in [0.3, 0.4) is 0 Å². The quantitative estimate of drug-likeness (QED) is 0.591. The lowest BCUT2D eigenvalue weighted by atomic mass is 10.2. The van der Waals surface area contributed by atoms with E-state index in [0.717, 1.165) is 11.3 Å². The summed E-state index contributed by atoms with van der Waals surface area (Å²) < 4.78 is 67.0. The highest BCUT2D eigenvalue weighted by molar-refractivity contribution is 7.91. The molecule has 29 heavy (non-hydrogen) atoms. The Balaban J connectivity index is 1.63. The van der Waals surface area contributed by atoms with Crippen molar-refractivity contribution in [1.82, 2.24) is 14.3 Å². The summed E-state index contributed by atoms with van der Waals surface area (Å²) in [7, 11) is -3.69. The summed E-state index contributed by atoms with van der Waals surface area (Å²) >= 11 is 6.81. The van der Waals surface area contributed by atoms with Crippen LogP contribution in [0.25, 0.3) is 10.9 Å². The topological polar surface area (TPSA) is 66.4 Å². The summed E-state index contributed by atoms with van der Waals surface area (Å²) in [5.41, 5.74) is 0.188. The first-order valence-corrected chi connectivity index (χ1v) is 11.1. The number of benzene rings is 1. The third kappa shape index (κ3) is 3.91. The average Bonchev–Trinajstić information content (AvgIpc) is 3.14. The normalized spacial score (nSPS) is 16.5. The van der Waals surface area contributed by atoms with Crippen LogP contribution in [0.15, 0.2) is 40.6 Å². The number of sulfonamides is 1. The first-order chi connectivity index (χ1) is 13.7. The zero-order chi connectivity index (χ0) is 20.8. The molecule has 0 amide bonds. The summed E-state index contributed by atoms with van der Waals surface area (Å²) in [5.74, 6) is -1.06. The van der Waals surface area contributed by atoms with Gasteiger partial charge in [0.05, 0.1) is 9.85 Å². The number of hydrogen-bond acceptors (Lipinski definition) is 6. The van der Waals surface area contributed by atoms with Gasteiger partial charge in [-0.15, -0.1) is 11.3 Å². The van der Waals surface area contributed by atoms with Gasteiger partial charge < -0.3 is 4.90 Å². The van der Waals surface area contributed by atoms with Gasteiger partial charge in [0, 0.05) is 31.6 Å². The Morgan fingerprint density at radius 1 is 1.00 bits per heavy atom. The molecule has 3 aromatic rings. The van der Waals surface area contributed by atoms with Crippen molar-refractivity contribution in [3.8, 4) is 0 Å². The minimum absolute atomic E-state index is 0.123. The molecule has 0 N–H and O–H groups in total. The lowest BCUT2D eigenvalue weighted by Crippen LogP contribution is -2.49. The summed E-state index contributed by atoms with van der Waals surface area (Å²) in [5, 5.41) is 0.488. The molecule has 1 aromatic carbocycles. The Labute approximate surface area is 173 Å². The predicted molar refractivity (Wildman–Crippen MR) is 105 cm³/mol. The molecule has 0 aliphatic carbocycles. The largest absolute Gasteiger partial charge is 0.451 e. The lowest BCUT2D eigenvalue weighted by molar-refractivity contribution is -0.144. The third-order valence-electron chi connectivity index (χ3n) is 4.52. The molecule has 1 saturated heterocycles. The molecule has 154 valence electrons. The lowest BCUT2D eigenvalue weighted by Gasteiger charge is -2.35. The Hall–Kier alpha value is -1.95. The average molecular weight is 463 g/mol. The highest BCUT2D eigenvalue weighted by Crippen LogP contribution is 2.33. The number of nitrogens with zero attached hydrogens (tertiary/aromatic N) is 4. The molecular formula is C17H14ClF3N4O2S2. The minimum Gasteiger partial charge on any atom is -0.353 e. The molecule has 0 radical (unpaired) electrons. The molecule has 12 heteroatoms. The fourth-order valence-electron chi connectivity index (χ4n) is 3.13. The molecule has 1 fully saturated rings. The van der Waals surface area contributed by atoms with Gasteiger partial charge in [0.25, 0.3) is 10.0 Å². The van der Waals surface area contributed by atoms with Gasteiger partial charge in [-0.05, 0) is 24.3 Å². The van der Waals surface area contributed by atoms with Crippen molar-refractivity contribution in [3.63, 3.8) is 0 Å². The van der Waals surface area contributed by atoms with Gasteiger partial charge in [-0.2, -0.15) is 17.5 Å². The molecule has 2 aromatic heterocycles. The van der Waals surface area contributed by atoms with Crippen LogP contribution in [0.1, 0.15) is 5.82 Å². The highest BCUT2D eigenvalue weighted by Gasteiger charge is 2.37. The second-order valence-corrected chi connectivity index (χ2v) is 10.2. The molecule has 0 atom stereocenters. The zero-order valence-corrected chi connectivity index (χ0v) is 17.1. The second-order valence-electron chi connectivity index (χ2n) is 6.34. The van der Waals surface area contributed by atoms with Gasteiger partial charge in [0.2, 0.25) is 5.82 Å². The number of hydrogen-bond donors (Lipinski definition) is 0. The van der Waals surface area contributed by atoms with E-state index in [9.17, 15) is 21.6 Å². The number of alkyl halides is 3. The number of piperazine rings is 1. The van der Waals surface area contributed by atoms with Crippen molar-refractivity contribution in [2.24, 2.45) is 0 Å². The maximum atomic E-state index is 13.2. The number of para-hydroxylation sites is 1. The van der Waals surface area contributed by atoms with E-state index in [0.29, 0.717) is 9.72 Å². The number of halogens is 4. The standard InChI is InChI=1S/C17H14ClF3N4O2S2/c18-13-5-6-14(28-13)29(26,27)25-9-7-24(8-10-25)15-11-3-1-2-4-12(11)22-16(23-15)17(19,20)21/h1-6H,7-10H2. The van der Waals surface area contributed by atoms with E-state index in [-0.39, 0.29) is 41.7 Å². The fraction of sp³-hybridized carbons (Fsp3) is 0.294. The summed E-state index contributed by atoms with van der Waals surface area (Å²) in [6.07, 6.45) is -4.68. The van der Waals surface area contributed by atoms with Gasteiger partial charge >= 0.3 is 6.18 Å². The van der Waals surface area contributed by atoms with Crippen LogP contribution >= 0.6 is 22.9 Å². The van der Waals surface area contributed by atoms with Gasteiger partial charge in [-0.1, -0.05) is 23.7 Å². The fourth-order valence-corrected chi connectivity index (χ4v) is 6.19. The number of thiophene rings is 1. The monoisotopic (exact) mass is 462 g/mol. The molecule has 0 spiro atoms. The molecule has 1 aliphatic rings. The van der Waals surface area contributed by atoms with Crippen molar-refractivity contribution in [2.45, 2.75) is 10.4 Å². The molecule has 1 aliphatic heterocycles. The van der Waals surface area contributed by atoms with Crippen molar-refractivity contribution >= 4 is 49.7 Å². The summed E-state index contributed by atoms with van der Waals surface area (Å²) in [6, 6.07) is 9.42. The van der Waals surface area contributed by atoms with Crippen LogP contribution in [0.5, 0.6) is 0 Å². The van der Waals surface area contributed by atoms with Gasteiger partial charge in [0.1, 0.15) is 10.0 Å². The maximum absolute atomic E-state index is 13.2.